The van der Waals surface area contributed by atoms with E-state index in [4.69, 9.17) is 5.73 Å². The molecule has 4 unspecified atom stereocenters. The molecule has 2 aliphatic carbocycles. The third-order valence-electron chi connectivity index (χ3n) is 6.52. The van der Waals surface area contributed by atoms with Crippen LogP contribution in [0, 0.1) is 17.8 Å². The number of nitrogens with zero attached hydrogens (tertiary/aromatic N) is 2. The number of hydrogen-bond donors (Lipinski definition) is 2. The maximum atomic E-state index is 12.7. The van der Waals surface area contributed by atoms with Crippen molar-refractivity contribution in [2.45, 2.75) is 50.4 Å². The number of anilines is 1. The first-order chi connectivity index (χ1) is 12.8. The van der Waals surface area contributed by atoms with Crippen molar-refractivity contribution in [1.82, 2.24) is 10.3 Å². The quantitative estimate of drug-likeness (QED) is 0.843. The Bertz CT molecular complexity index is 683. The van der Waals surface area contributed by atoms with Gasteiger partial charge in [-0.3, -0.25) is 4.79 Å². The standard InChI is InChI=1S/C19H25F3N4O/c20-19(21,22)13-3-4-15(24-10-13)26-7-5-14(6-8-26)25-18(27)16-11-1-2-12(9-11)17(16)23/h3-4,10-12,14,16-17H,1-2,5-9,23H2,(H,25,27). The van der Waals surface area contributed by atoms with Crippen molar-refractivity contribution in [3.8, 4) is 0 Å². The van der Waals surface area contributed by atoms with E-state index >= 15 is 0 Å². The number of alkyl halides is 3. The molecule has 0 aromatic carbocycles. The van der Waals surface area contributed by atoms with Crippen LogP contribution in [0.5, 0.6) is 0 Å². The van der Waals surface area contributed by atoms with Crippen molar-refractivity contribution in [2.24, 2.45) is 23.5 Å². The van der Waals surface area contributed by atoms with E-state index in [1.807, 2.05) is 4.90 Å². The van der Waals surface area contributed by atoms with Crippen LogP contribution in [0.15, 0.2) is 18.3 Å². The van der Waals surface area contributed by atoms with Crippen molar-refractivity contribution in [3.63, 3.8) is 0 Å². The highest BCUT2D eigenvalue weighted by Crippen LogP contribution is 2.47. The summed E-state index contributed by atoms with van der Waals surface area (Å²) >= 11 is 0. The van der Waals surface area contributed by atoms with E-state index in [9.17, 15) is 18.0 Å². The number of carbonyl (C=O) groups excluding carboxylic acids is 1. The Balaban J connectivity index is 1.30. The number of nitrogens with one attached hydrogen (secondary N) is 1. The Morgan fingerprint density at radius 3 is 2.41 bits per heavy atom. The molecule has 2 saturated carbocycles. The highest BCUT2D eigenvalue weighted by atomic mass is 19.4. The molecule has 5 nitrogen and oxygen atoms in total. The van der Waals surface area contributed by atoms with Crippen LogP contribution in [-0.4, -0.2) is 36.1 Å². The van der Waals surface area contributed by atoms with Crippen LogP contribution in [0.3, 0.4) is 0 Å². The van der Waals surface area contributed by atoms with Gasteiger partial charge in [0.1, 0.15) is 5.82 Å². The van der Waals surface area contributed by atoms with E-state index in [1.165, 1.54) is 6.07 Å². The van der Waals surface area contributed by atoms with Crippen LogP contribution < -0.4 is 16.0 Å². The maximum absolute atomic E-state index is 12.7. The Hall–Kier alpha value is -1.83. The third kappa shape index (κ3) is 3.63. The first kappa shape index (κ1) is 18.5. The van der Waals surface area contributed by atoms with Gasteiger partial charge in [0.05, 0.1) is 11.5 Å². The molecular formula is C19H25F3N4O. The molecule has 1 amide bonds. The highest BCUT2D eigenvalue weighted by molar-refractivity contribution is 5.80. The molecular weight excluding hydrogens is 357 g/mol. The van der Waals surface area contributed by atoms with Gasteiger partial charge in [0.2, 0.25) is 5.91 Å². The molecule has 0 spiro atoms. The first-order valence-corrected chi connectivity index (χ1v) is 9.67. The zero-order valence-electron chi connectivity index (χ0n) is 15.1. The largest absolute Gasteiger partial charge is 0.417 e. The van der Waals surface area contributed by atoms with E-state index in [2.05, 4.69) is 10.3 Å². The number of hydrogen-bond acceptors (Lipinski definition) is 4. The maximum Gasteiger partial charge on any atom is 0.417 e. The predicted octanol–water partition coefficient (Wildman–Crippen LogP) is 2.56. The second-order valence-corrected chi connectivity index (χ2v) is 8.11. The molecule has 1 aromatic rings. The first-order valence-electron chi connectivity index (χ1n) is 9.67. The van der Waals surface area contributed by atoms with Gasteiger partial charge in [-0.15, -0.1) is 0 Å². The van der Waals surface area contributed by atoms with Crippen molar-refractivity contribution >= 4 is 11.7 Å². The fourth-order valence-electron chi connectivity index (χ4n) is 5.02. The van der Waals surface area contributed by atoms with Gasteiger partial charge in [0, 0.05) is 31.4 Å². The van der Waals surface area contributed by atoms with Crippen molar-refractivity contribution in [2.75, 3.05) is 18.0 Å². The zero-order chi connectivity index (χ0) is 19.2. The summed E-state index contributed by atoms with van der Waals surface area (Å²) in [6, 6.07) is 2.55. The van der Waals surface area contributed by atoms with Crippen LogP contribution >= 0.6 is 0 Å². The van der Waals surface area contributed by atoms with Crippen LogP contribution in [0.2, 0.25) is 0 Å². The van der Waals surface area contributed by atoms with Gasteiger partial charge < -0.3 is 16.0 Å². The summed E-state index contributed by atoms with van der Waals surface area (Å²) in [5.41, 5.74) is 5.51. The number of carbonyl (C=O) groups is 1. The van der Waals surface area contributed by atoms with Gasteiger partial charge >= 0.3 is 6.18 Å². The molecule has 1 aromatic heterocycles. The molecule has 1 aliphatic heterocycles. The van der Waals surface area contributed by atoms with E-state index < -0.39 is 11.7 Å². The smallest absolute Gasteiger partial charge is 0.356 e. The minimum atomic E-state index is -4.37. The Morgan fingerprint density at radius 2 is 1.85 bits per heavy atom. The van der Waals surface area contributed by atoms with Gasteiger partial charge in [0.25, 0.3) is 0 Å². The summed E-state index contributed by atoms with van der Waals surface area (Å²) in [5.74, 6) is 1.50. The van der Waals surface area contributed by atoms with Gasteiger partial charge in [-0.05, 0) is 56.1 Å². The normalized spacial score (nSPS) is 31.3. The molecule has 0 radical (unpaired) electrons. The molecule has 3 fully saturated rings. The predicted molar refractivity (Wildman–Crippen MR) is 94.9 cm³/mol. The number of rotatable bonds is 3. The summed E-state index contributed by atoms with van der Waals surface area (Å²) in [7, 11) is 0. The fraction of sp³-hybridized carbons (Fsp3) is 0.684. The number of halogens is 3. The lowest BCUT2D eigenvalue weighted by molar-refractivity contribution is -0.137. The summed E-state index contributed by atoms with van der Waals surface area (Å²) in [4.78, 5) is 18.6. The van der Waals surface area contributed by atoms with Gasteiger partial charge in [-0.2, -0.15) is 13.2 Å². The lowest BCUT2D eigenvalue weighted by Gasteiger charge is -2.35. The van der Waals surface area contributed by atoms with Crippen LogP contribution in [0.4, 0.5) is 19.0 Å². The van der Waals surface area contributed by atoms with Crippen LogP contribution in [0.25, 0.3) is 0 Å². The average Bonchev–Trinajstić information content (AvgIpc) is 3.23. The average molecular weight is 382 g/mol. The van der Waals surface area contributed by atoms with Gasteiger partial charge in [-0.1, -0.05) is 0 Å². The van der Waals surface area contributed by atoms with Crippen molar-refractivity contribution in [3.05, 3.63) is 23.9 Å². The van der Waals surface area contributed by atoms with Crippen molar-refractivity contribution in [1.29, 1.82) is 0 Å². The molecule has 3 aliphatic rings. The number of piperidine rings is 1. The number of fused-ring (bicyclic) bond motifs is 2. The molecule has 4 rings (SSSR count). The monoisotopic (exact) mass is 382 g/mol. The minimum absolute atomic E-state index is 0.0137. The van der Waals surface area contributed by atoms with Crippen LogP contribution in [-0.2, 0) is 11.0 Å². The summed E-state index contributed by atoms with van der Waals surface area (Å²) in [6.45, 7) is 1.32. The number of amides is 1. The fourth-order valence-corrected chi connectivity index (χ4v) is 5.02. The Labute approximate surface area is 156 Å². The second-order valence-electron chi connectivity index (χ2n) is 8.11. The molecule has 4 atom stereocenters. The second kappa shape index (κ2) is 6.96. The lowest BCUT2D eigenvalue weighted by Crippen LogP contribution is -2.51. The molecule has 27 heavy (non-hydrogen) atoms. The lowest BCUT2D eigenvalue weighted by atomic mass is 9.84. The van der Waals surface area contributed by atoms with Crippen LogP contribution in [0.1, 0.15) is 37.7 Å². The Morgan fingerprint density at radius 1 is 1.15 bits per heavy atom. The van der Waals surface area contributed by atoms with E-state index in [0.717, 1.165) is 44.4 Å². The molecule has 3 N–H and O–H groups in total. The highest BCUT2D eigenvalue weighted by Gasteiger charge is 2.49. The topological polar surface area (TPSA) is 71.2 Å². The van der Waals surface area contributed by atoms with E-state index in [0.29, 0.717) is 30.7 Å². The Kier molecular flexibility index (Phi) is 4.78. The summed E-state index contributed by atoms with van der Waals surface area (Å²) < 4.78 is 37.9. The summed E-state index contributed by atoms with van der Waals surface area (Å²) in [6.07, 6.45) is 1.35. The minimum Gasteiger partial charge on any atom is -0.356 e. The molecule has 148 valence electrons. The molecule has 2 heterocycles. The van der Waals surface area contributed by atoms with Gasteiger partial charge in [0.15, 0.2) is 0 Å². The number of nitrogens with two attached hydrogens (primary N) is 1. The number of aromatic nitrogens is 1. The zero-order valence-corrected chi connectivity index (χ0v) is 15.1. The van der Waals surface area contributed by atoms with E-state index in [1.54, 1.807) is 0 Å². The number of pyridine rings is 1. The van der Waals surface area contributed by atoms with Crippen molar-refractivity contribution < 1.29 is 18.0 Å². The molecule has 8 heteroatoms. The van der Waals surface area contributed by atoms with Gasteiger partial charge in [-0.25, -0.2) is 4.98 Å². The van der Waals surface area contributed by atoms with E-state index in [-0.39, 0.29) is 23.9 Å². The molecule has 2 bridgehead atoms. The third-order valence-corrected chi connectivity index (χ3v) is 6.52. The summed E-state index contributed by atoms with van der Waals surface area (Å²) in [5, 5.41) is 3.16. The molecule has 1 saturated heterocycles. The SMILES string of the molecule is NC1C2CCC(C2)C1C(=O)NC1CCN(c2ccc(C(F)(F)F)cn2)CC1.